The molecule has 0 saturated heterocycles. The molecule has 4 heteroatoms. The fraction of sp³-hybridized carbons (Fsp3) is 0.154. The van der Waals surface area contributed by atoms with Crippen molar-refractivity contribution in [2.24, 2.45) is 0 Å². The van der Waals surface area contributed by atoms with Crippen molar-refractivity contribution < 1.29 is 9.78 Å². The Morgan fingerprint density at radius 3 is 0.911 bits per heavy atom. The van der Waals surface area contributed by atoms with Gasteiger partial charge in [0.2, 0.25) is 0 Å². The minimum Gasteiger partial charge on any atom is -0.230 e. The molecule has 0 aliphatic heterocycles. The first kappa shape index (κ1) is 37.6. The van der Waals surface area contributed by atoms with Crippen LogP contribution in [0.5, 0.6) is 0 Å². The van der Waals surface area contributed by atoms with Crippen LogP contribution in [0.1, 0.15) is 49.9 Å². The summed E-state index contributed by atoms with van der Waals surface area (Å²) in [4.78, 5) is 14.4. The van der Waals surface area contributed by atoms with Crippen LogP contribution in [0.4, 0.5) is 0 Å². The Balaban J connectivity index is 1.28. The van der Waals surface area contributed by atoms with Crippen LogP contribution in [-0.4, -0.2) is 28.8 Å². The summed E-state index contributed by atoms with van der Waals surface area (Å²) < 4.78 is 0. The van der Waals surface area contributed by atoms with E-state index in [0.29, 0.717) is 0 Å². The molecule has 0 radical (unpaired) electrons. The lowest BCUT2D eigenvalue weighted by atomic mass is 9.92. The van der Waals surface area contributed by atoms with Crippen LogP contribution in [0.25, 0.3) is 21.5 Å². The normalized spacial score (nSPS) is 13.3. The molecule has 0 saturated carbocycles. The maximum Gasteiger partial charge on any atom is 0.113 e. The van der Waals surface area contributed by atoms with E-state index in [9.17, 15) is 0 Å². The van der Waals surface area contributed by atoms with Gasteiger partial charge < -0.3 is 0 Å². The summed E-state index contributed by atoms with van der Waals surface area (Å²) in [6, 6.07) is 75.5. The summed E-state index contributed by atoms with van der Waals surface area (Å²) in [7, 11) is -4.08. The molecule has 2 atom stereocenters. The molecule has 2 nitrogen and oxygen atoms in total. The minimum atomic E-state index is -2.04. The van der Waals surface area contributed by atoms with E-state index >= 15 is 0 Å². The summed E-state index contributed by atoms with van der Waals surface area (Å²) in [6.45, 7) is 8.99. The molecule has 0 aliphatic carbocycles. The van der Waals surface area contributed by atoms with Crippen molar-refractivity contribution in [2.45, 2.75) is 50.0 Å². The van der Waals surface area contributed by atoms with Gasteiger partial charge in [0.15, 0.2) is 0 Å². The predicted octanol–water partition coefficient (Wildman–Crippen LogP) is 9.53. The third kappa shape index (κ3) is 7.71. The van der Waals surface area contributed by atoms with E-state index in [0.717, 1.165) is 0 Å². The monoisotopic (exact) mass is 762 g/mol. The Kier molecular flexibility index (Phi) is 11.0. The quantitative estimate of drug-likeness (QED) is 0.0662. The topological polar surface area (TPSA) is 18.5 Å². The Bertz CT molecular complexity index is 2230. The van der Waals surface area contributed by atoms with Crippen LogP contribution in [0.15, 0.2) is 206 Å². The maximum atomic E-state index is 7.18. The van der Waals surface area contributed by atoms with Gasteiger partial charge in [-0.25, -0.2) is 9.78 Å². The molecule has 8 aromatic carbocycles. The standard InChI is InChI=1S/C52H50O2Si2/c1-51(2,49(47-37-21-25-39-23-17-19-35-45(39)47)55(41-27-9-5-10-28-41)42-29-11-6-12-30-42)53-54-52(3,4)50(48-38-22-26-40-24-18-20-36-46(40)48)56(43-31-13-7-14-32-43)44-33-15-8-16-34-44/h5-38,49-50,55-56H,1-4H3. The fourth-order valence-electron chi connectivity index (χ4n) is 9.07. The van der Waals surface area contributed by atoms with Crippen molar-refractivity contribution in [3.63, 3.8) is 0 Å². The van der Waals surface area contributed by atoms with Crippen LogP contribution >= 0.6 is 0 Å². The lowest BCUT2D eigenvalue weighted by Gasteiger charge is -2.44. The minimum absolute atomic E-state index is 0.0153. The molecule has 56 heavy (non-hydrogen) atoms. The molecule has 0 fully saturated rings. The molecule has 0 aromatic heterocycles. The molecule has 0 spiro atoms. The molecule has 0 N–H and O–H groups in total. The highest BCUT2D eigenvalue weighted by Crippen LogP contribution is 2.42. The summed E-state index contributed by atoms with van der Waals surface area (Å²) in [5.74, 6) is 0. The zero-order valence-corrected chi connectivity index (χ0v) is 35.1. The van der Waals surface area contributed by atoms with Crippen LogP contribution < -0.4 is 20.7 Å². The van der Waals surface area contributed by atoms with Crippen LogP contribution in [0.3, 0.4) is 0 Å². The van der Waals surface area contributed by atoms with Gasteiger partial charge in [-0.2, -0.15) is 0 Å². The Labute approximate surface area is 335 Å². The fourth-order valence-corrected chi connectivity index (χ4v) is 16.9. The van der Waals surface area contributed by atoms with Crippen molar-refractivity contribution in [3.05, 3.63) is 217 Å². The molecule has 0 aliphatic rings. The highest BCUT2D eigenvalue weighted by Gasteiger charge is 2.47. The number of rotatable bonds is 13. The number of benzene rings is 8. The summed E-state index contributed by atoms with van der Waals surface area (Å²) in [5.41, 5.74) is 1.16. The van der Waals surface area contributed by atoms with Crippen molar-refractivity contribution in [1.29, 1.82) is 0 Å². The van der Waals surface area contributed by atoms with Gasteiger partial charge in [0.25, 0.3) is 0 Å². The zero-order valence-electron chi connectivity index (χ0n) is 32.8. The van der Waals surface area contributed by atoms with Gasteiger partial charge in [0.1, 0.15) is 28.8 Å². The second kappa shape index (κ2) is 16.4. The second-order valence-electron chi connectivity index (χ2n) is 16.1. The summed E-state index contributed by atoms with van der Waals surface area (Å²) in [6.07, 6.45) is 0. The van der Waals surface area contributed by atoms with E-state index < -0.39 is 28.8 Å². The largest absolute Gasteiger partial charge is 0.230 e. The Morgan fingerprint density at radius 2 is 0.589 bits per heavy atom. The van der Waals surface area contributed by atoms with Crippen molar-refractivity contribution >= 4 is 59.9 Å². The van der Waals surface area contributed by atoms with Crippen molar-refractivity contribution in [1.82, 2.24) is 0 Å². The first-order valence-corrected chi connectivity index (χ1v) is 23.5. The number of hydrogen-bond acceptors (Lipinski definition) is 2. The van der Waals surface area contributed by atoms with Crippen molar-refractivity contribution in [3.8, 4) is 0 Å². The van der Waals surface area contributed by atoms with Gasteiger partial charge in [-0.15, -0.1) is 0 Å². The molecular weight excluding hydrogens is 713 g/mol. The Morgan fingerprint density at radius 1 is 0.321 bits per heavy atom. The first-order chi connectivity index (χ1) is 27.3. The van der Waals surface area contributed by atoms with Crippen LogP contribution in [0, 0.1) is 0 Å². The third-order valence-corrected chi connectivity index (χ3v) is 19.7. The van der Waals surface area contributed by atoms with Gasteiger partial charge in [-0.1, -0.05) is 227 Å². The smallest absolute Gasteiger partial charge is 0.113 e. The predicted molar refractivity (Wildman–Crippen MR) is 242 cm³/mol. The number of hydrogen-bond donors (Lipinski definition) is 0. The SMILES string of the molecule is CC(C)(OOC(C)(C)C(c1cccc2ccccc12)[SiH](c1ccccc1)c1ccccc1)C(c1cccc2ccccc12)[SiH](c1ccccc1)c1ccccc1. The van der Waals surface area contributed by atoms with E-state index in [1.807, 2.05) is 0 Å². The molecule has 2 unspecified atom stereocenters. The average Bonchev–Trinajstić information content (AvgIpc) is 3.25. The van der Waals surface area contributed by atoms with E-state index in [2.05, 4.69) is 234 Å². The van der Waals surface area contributed by atoms with Gasteiger partial charge in [-0.05, 0) is 60.4 Å². The van der Waals surface area contributed by atoms with E-state index in [4.69, 9.17) is 9.78 Å². The van der Waals surface area contributed by atoms with Gasteiger partial charge in [0.05, 0.1) is 0 Å². The molecule has 8 rings (SSSR count). The molecule has 8 aromatic rings. The summed E-state index contributed by atoms with van der Waals surface area (Å²) >= 11 is 0. The van der Waals surface area contributed by atoms with Crippen LogP contribution in [-0.2, 0) is 9.78 Å². The lowest BCUT2D eigenvalue weighted by Crippen LogP contribution is -2.57. The summed E-state index contributed by atoms with van der Waals surface area (Å²) in [5, 5.41) is 10.5. The van der Waals surface area contributed by atoms with Gasteiger partial charge >= 0.3 is 0 Å². The maximum absolute atomic E-state index is 7.18. The van der Waals surface area contributed by atoms with E-state index in [1.165, 1.54) is 53.4 Å². The van der Waals surface area contributed by atoms with Gasteiger partial charge in [0, 0.05) is 11.1 Å². The molecule has 0 amide bonds. The van der Waals surface area contributed by atoms with Crippen molar-refractivity contribution in [2.75, 3.05) is 0 Å². The molecule has 0 heterocycles. The zero-order chi connectivity index (χ0) is 38.5. The average molecular weight is 763 g/mol. The third-order valence-electron chi connectivity index (χ3n) is 11.6. The number of fused-ring (bicyclic) bond motifs is 2. The molecule has 278 valence electrons. The lowest BCUT2D eigenvalue weighted by molar-refractivity contribution is -0.402. The molecular formula is C52H50O2Si2. The second-order valence-corrected chi connectivity index (χ2v) is 22.0. The van der Waals surface area contributed by atoms with Crippen LogP contribution in [0.2, 0.25) is 0 Å². The first-order valence-electron chi connectivity index (χ1n) is 19.8. The molecule has 0 bridgehead atoms. The van der Waals surface area contributed by atoms with Gasteiger partial charge in [-0.3, -0.25) is 0 Å². The Hall–Kier alpha value is -5.37. The highest BCUT2D eigenvalue weighted by molar-refractivity contribution is 6.87. The van der Waals surface area contributed by atoms with E-state index in [-0.39, 0.29) is 11.1 Å². The van der Waals surface area contributed by atoms with E-state index in [1.54, 1.807) is 0 Å². The highest BCUT2D eigenvalue weighted by atomic mass is 28.3.